The van der Waals surface area contributed by atoms with Gasteiger partial charge < -0.3 is 9.30 Å². The van der Waals surface area contributed by atoms with E-state index in [0.29, 0.717) is 0 Å². The number of hydrogen-bond donors (Lipinski definition) is 0. The standard InChI is InChI=1S/C16H18N2O/c1-10-11(2)16(19-5)7-6-14(10)15-8-13(9-17)12(3)18(15)4/h6-8H,1-5H3. The van der Waals surface area contributed by atoms with Crippen LogP contribution in [-0.2, 0) is 7.05 Å². The van der Waals surface area contributed by atoms with Crippen molar-refractivity contribution >= 4 is 0 Å². The van der Waals surface area contributed by atoms with Gasteiger partial charge in [0.05, 0.1) is 12.7 Å². The maximum Gasteiger partial charge on any atom is 0.122 e. The Balaban J connectivity index is 2.67. The highest BCUT2D eigenvalue weighted by Crippen LogP contribution is 2.32. The first-order valence-electron chi connectivity index (χ1n) is 6.22. The molecule has 0 fully saturated rings. The van der Waals surface area contributed by atoms with Crippen molar-refractivity contribution in [3.8, 4) is 23.1 Å². The summed E-state index contributed by atoms with van der Waals surface area (Å²) in [7, 11) is 3.67. The molecule has 0 bridgehead atoms. The number of benzene rings is 1. The molecule has 3 nitrogen and oxygen atoms in total. The van der Waals surface area contributed by atoms with Gasteiger partial charge in [-0.05, 0) is 50.1 Å². The summed E-state index contributed by atoms with van der Waals surface area (Å²) in [5.41, 5.74) is 6.25. The van der Waals surface area contributed by atoms with Gasteiger partial charge in [0.15, 0.2) is 0 Å². The zero-order chi connectivity index (χ0) is 14.2. The molecule has 1 aromatic carbocycles. The maximum absolute atomic E-state index is 9.13. The van der Waals surface area contributed by atoms with Crippen molar-refractivity contribution in [2.45, 2.75) is 20.8 Å². The summed E-state index contributed by atoms with van der Waals surface area (Å²) in [6.45, 7) is 6.11. The number of nitrogens with zero attached hydrogens (tertiary/aromatic N) is 2. The Morgan fingerprint density at radius 1 is 1.16 bits per heavy atom. The predicted octanol–water partition coefficient (Wildman–Crippen LogP) is 3.50. The Morgan fingerprint density at radius 2 is 1.84 bits per heavy atom. The lowest BCUT2D eigenvalue weighted by Crippen LogP contribution is -1.98. The van der Waals surface area contributed by atoms with E-state index in [1.54, 1.807) is 7.11 Å². The highest BCUT2D eigenvalue weighted by Gasteiger charge is 2.14. The molecule has 2 aromatic rings. The van der Waals surface area contributed by atoms with E-state index in [1.165, 1.54) is 5.56 Å². The van der Waals surface area contributed by atoms with Gasteiger partial charge in [0.25, 0.3) is 0 Å². The topological polar surface area (TPSA) is 37.9 Å². The SMILES string of the molecule is COc1ccc(-c2cc(C#N)c(C)n2C)c(C)c1C. The Labute approximate surface area is 114 Å². The van der Waals surface area contributed by atoms with Crippen LogP contribution in [-0.4, -0.2) is 11.7 Å². The van der Waals surface area contributed by atoms with Gasteiger partial charge in [-0.15, -0.1) is 0 Å². The second kappa shape index (κ2) is 4.81. The minimum absolute atomic E-state index is 0.727. The number of rotatable bonds is 2. The van der Waals surface area contributed by atoms with Crippen molar-refractivity contribution < 1.29 is 4.74 Å². The largest absolute Gasteiger partial charge is 0.496 e. The van der Waals surface area contributed by atoms with Gasteiger partial charge in [-0.25, -0.2) is 0 Å². The molecule has 1 heterocycles. The lowest BCUT2D eigenvalue weighted by atomic mass is 10.00. The van der Waals surface area contributed by atoms with Crippen molar-refractivity contribution in [1.29, 1.82) is 5.26 Å². The van der Waals surface area contributed by atoms with Crippen LogP contribution in [0.15, 0.2) is 18.2 Å². The molecule has 3 heteroatoms. The van der Waals surface area contributed by atoms with Crippen LogP contribution in [0.2, 0.25) is 0 Å². The van der Waals surface area contributed by atoms with Crippen molar-refractivity contribution in [2.75, 3.05) is 7.11 Å². The molecule has 0 aliphatic heterocycles. The molecule has 0 unspecified atom stereocenters. The molecule has 0 saturated carbocycles. The van der Waals surface area contributed by atoms with Crippen LogP contribution in [0.3, 0.4) is 0 Å². The monoisotopic (exact) mass is 254 g/mol. The summed E-state index contributed by atoms with van der Waals surface area (Å²) in [5.74, 6) is 0.896. The van der Waals surface area contributed by atoms with Crippen molar-refractivity contribution in [2.24, 2.45) is 7.05 Å². The van der Waals surface area contributed by atoms with Gasteiger partial charge in [0.1, 0.15) is 11.8 Å². The lowest BCUT2D eigenvalue weighted by molar-refractivity contribution is 0.411. The fourth-order valence-electron chi connectivity index (χ4n) is 2.37. The van der Waals surface area contributed by atoms with E-state index in [9.17, 15) is 0 Å². The zero-order valence-corrected chi connectivity index (χ0v) is 12.0. The number of methoxy groups -OCH3 is 1. The van der Waals surface area contributed by atoms with Crippen LogP contribution in [0.25, 0.3) is 11.3 Å². The molecule has 0 amide bonds. The van der Waals surface area contributed by atoms with Gasteiger partial charge in [-0.1, -0.05) is 0 Å². The Hall–Kier alpha value is -2.21. The van der Waals surface area contributed by atoms with Crippen LogP contribution in [0.1, 0.15) is 22.4 Å². The molecule has 1 aromatic heterocycles. The Kier molecular flexibility index (Phi) is 3.35. The number of aromatic nitrogens is 1. The van der Waals surface area contributed by atoms with E-state index in [-0.39, 0.29) is 0 Å². The van der Waals surface area contributed by atoms with Crippen molar-refractivity contribution in [1.82, 2.24) is 4.57 Å². The Morgan fingerprint density at radius 3 is 2.37 bits per heavy atom. The molecule has 0 spiro atoms. The first kappa shape index (κ1) is 13.2. The Bertz CT molecular complexity index is 675. The molecule has 0 atom stereocenters. The normalized spacial score (nSPS) is 10.3. The first-order chi connectivity index (χ1) is 9.01. The lowest BCUT2D eigenvalue weighted by Gasteiger charge is -2.13. The fourth-order valence-corrected chi connectivity index (χ4v) is 2.37. The molecule has 0 saturated heterocycles. The third-order valence-electron chi connectivity index (χ3n) is 3.89. The minimum atomic E-state index is 0.727. The summed E-state index contributed by atoms with van der Waals surface area (Å²) in [6, 6.07) is 8.22. The van der Waals surface area contributed by atoms with Crippen LogP contribution in [0.5, 0.6) is 5.75 Å². The summed E-state index contributed by atoms with van der Waals surface area (Å²) >= 11 is 0. The van der Waals surface area contributed by atoms with E-state index in [0.717, 1.165) is 33.8 Å². The molecular weight excluding hydrogens is 236 g/mol. The molecular formula is C16H18N2O. The van der Waals surface area contributed by atoms with Crippen LogP contribution in [0, 0.1) is 32.1 Å². The van der Waals surface area contributed by atoms with Crippen LogP contribution in [0.4, 0.5) is 0 Å². The van der Waals surface area contributed by atoms with Gasteiger partial charge in [0, 0.05) is 24.0 Å². The molecule has 0 aliphatic carbocycles. The second-order valence-electron chi connectivity index (χ2n) is 4.76. The highest BCUT2D eigenvalue weighted by atomic mass is 16.5. The van der Waals surface area contributed by atoms with E-state index in [1.807, 2.05) is 26.1 Å². The van der Waals surface area contributed by atoms with E-state index in [2.05, 4.69) is 30.6 Å². The van der Waals surface area contributed by atoms with E-state index < -0.39 is 0 Å². The molecule has 2 rings (SSSR count). The molecule has 98 valence electrons. The van der Waals surface area contributed by atoms with Crippen molar-refractivity contribution in [3.63, 3.8) is 0 Å². The van der Waals surface area contributed by atoms with Gasteiger partial charge >= 0.3 is 0 Å². The highest BCUT2D eigenvalue weighted by molar-refractivity contribution is 5.70. The third-order valence-corrected chi connectivity index (χ3v) is 3.89. The van der Waals surface area contributed by atoms with Crippen molar-refractivity contribution in [3.05, 3.63) is 40.6 Å². The maximum atomic E-state index is 9.13. The zero-order valence-electron chi connectivity index (χ0n) is 12.0. The third kappa shape index (κ3) is 2.00. The van der Waals surface area contributed by atoms with Gasteiger partial charge in [-0.3, -0.25) is 0 Å². The number of nitriles is 1. The minimum Gasteiger partial charge on any atom is -0.496 e. The van der Waals surface area contributed by atoms with Gasteiger partial charge in [0.2, 0.25) is 0 Å². The number of hydrogen-bond acceptors (Lipinski definition) is 2. The average Bonchev–Trinajstić information content (AvgIpc) is 2.69. The average molecular weight is 254 g/mol. The summed E-state index contributed by atoms with van der Waals surface area (Å²) in [4.78, 5) is 0. The smallest absolute Gasteiger partial charge is 0.122 e. The van der Waals surface area contributed by atoms with Gasteiger partial charge in [-0.2, -0.15) is 5.26 Å². The fraction of sp³-hybridized carbons (Fsp3) is 0.312. The molecule has 0 radical (unpaired) electrons. The van der Waals surface area contributed by atoms with Crippen LogP contribution < -0.4 is 4.74 Å². The quantitative estimate of drug-likeness (QED) is 0.822. The summed E-state index contributed by atoms with van der Waals surface area (Å²) < 4.78 is 7.40. The van der Waals surface area contributed by atoms with E-state index >= 15 is 0 Å². The second-order valence-corrected chi connectivity index (χ2v) is 4.76. The van der Waals surface area contributed by atoms with Crippen LogP contribution >= 0.6 is 0 Å². The van der Waals surface area contributed by atoms with E-state index in [4.69, 9.17) is 10.00 Å². The molecule has 0 aliphatic rings. The summed E-state index contributed by atoms with van der Waals surface area (Å²) in [6.07, 6.45) is 0. The first-order valence-corrected chi connectivity index (χ1v) is 6.22. The number of ether oxygens (including phenoxy) is 1. The predicted molar refractivity (Wildman–Crippen MR) is 76.3 cm³/mol. The summed E-state index contributed by atoms with van der Waals surface area (Å²) in [5, 5.41) is 9.13. The molecule has 0 N–H and O–H groups in total. The molecule has 19 heavy (non-hydrogen) atoms.